The Kier molecular flexibility index (Phi) is 2.56. The molecule has 0 radical (unpaired) electrons. The molecule has 0 aliphatic carbocycles. The Labute approximate surface area is 108 Å². The normalized spacial score (nSPS) is 11.0. The van der Waals surface area contributed by atoms with Gasteiger partial charge in [-0.3, -0.25) is 9.36 Å². The number of hydrogen-bond donors (Lipinski definition) is 1. The molecule has 1 N–H and O–H groups in total. The summed E-state index contributed by atoms with van der Waals surface area (Å²) in [6.45, 7) is 0.250. The van der Waals surface area contributed by atoms with Gasteiger partial charge in [0.2, 0.25) is 0 Å². The molecule has 0 aliphatic heterocycles. The quantitative estimate of drug-likeness (QED) is 0.724. The van der Waals surface area contributed by atoms with Crippen molar-refractivity contribution < 1.29 is 0 Å². The van der Waals surface area contributed by atoms with Crippen LogP contribution in [0.25, 0.3) is 10.9 Å². The van der Waals surface area contributed by atoms with Gasteiger partial charge in [-0.2, -0.15) is 0 Å². The second-order valence-electron chi connectivity index (χ2n) is 4.35. The Morgan fingerprint density at radius 2 is 2.00 bits per heavy atom. The number of rotatable bonds is 2. The standard InChI is InChI=1S/C13H12N4O2/c1-16-6-7-17(13(16)19)8-11-14-10-5-3-2-4-9(10)12(18)15-11/h2-7H,8H2,1H3,(H,14,15,18). The van der Waals surface area contributed by atoms with Gasteiger partial charge < -0.3 is 9.55 Å². The van der Waals surface area contributed by atoms with Gasteiger partial charge in [0, 0.05) is 19.4 Å². The zero-order valence-electron chi connectivity index (χ0n) is 10.3. The second kappa shape index (κ2) is 4.24. The number of aromatic amines is 1. The Balaban J connectivity index is 2.09. The lowest BCUT2D eigenvalue weighted by Crippen LogP contribution is -2.24. The summed E-state index contributed by atoms with van der Waals surface area (Å²) in [5, 5.41) is 0.548. The van der Waals surface area contributed by atoms with Crippen molar-refractivity contribution in [2.75, 3.05) is 0 Å². The third-order valence-electron chi connectivity index (χ3n) is 3.00. The lowest BCUT2D eigenvalue weighted by atomic mass is 10.2. The molecule has 1 aromatic carbocycles. The summed E-state index contributed by atoms with van der Waals surface area (Å²) in [7, 11) is 1.68. The van der Waals surface area contributed by atoms with Crippen molar-refractivity contribution in [1.82, 2.24) is 19.1 Å². The smallest absolute Gasteiger partial charge is 0.308 e. The number of nitrogens with zero attached hydrogens (tertiary/aromatic N) is 3. The number of fused-ring (bicyclic) bond motifs is 1. The highest BCUT2D eigenvalue weighted by atomic mass is 16.1. The first kappa shape index (κ1) is 11.5. The van der Waals surface area contributed by atoms with Crippen LogP contribution in [0.15, 0.2) is 46.2 Å². The molecule has 3 rings (SSSR count). The molecule has 3 aromatic rings. The zero-order chi connectivity index (χ0) is 13.4. The van der Waals surface area contributed by atoms with Crippen LogP contribution in [0.4, 0.5) is 0 Å². The van der Waals surface area contributed by atoms with Gasteiger partial charge in [0.15, 0.2) is 0 Å². The number of aromatic nitrogens is 4. The Morgan fingerprint density at radius 1 is 1.21 bits per heavy atom. The van der Waals surface area contributed by atoms with Crippen LogP contribution in [-0.2, 0) is 13.6 Å². The van der Waals surface area contributed by atoms with Gasteiger partial charge in [-0.05, 0) is 12.1 Å². The lowest BCUT2D eigenvalue weighted by molar-refractivity contribution is 0.688. The molecule has 19 heavy (non-hydrogen) atoms. The van der Waals surface area contributed by atoms with Crippen LogP contribution < -0.4 is 11.2 Å². The van der Waals surface area contributed by atoms with Gasteiger partial charge in [-0.25, -0.2) is 9.78 Å². The van der Waals surface area contributed by atoms with Crippen LogP contribution in [0.3, 0.4) is 0 Å². The largest absolute Gasteiger partial charge is 0.328 e. The van der Waals surface area contributed by atoms with Crippen LogP contribution in [0.1, 0.15) is 5.82 Å². The molecule has 0 unspecified atom stereocenters. The molecule has 0 saturated heterocycles. The fraction of sp³-hybridized carbons (Fsp3) is 0.154. The van der Waals surface area contributed by atoms with Gasteiger partial charge in [0.1, 0.15) is 5.82 Å². The van der Waals surface area contributed by atoms with Gasteiger partial charge in [0.05, 0.1) is 17.4 Å². The number of aryl methyl sites for hydroxylation is 1. The van der Waals surface area contributed by atoms with E-state index in [1.807, 2.05) is 6.07 Å². The minimum atomic E-state index is -0.190. The van der Waals surface area contributed by atoms with Gasteiger partial charge in [0.25, 0.3) is 5.56 Å². The third kappa shape index (κ3) is 1.97. The highest BCUT2D eigenvalue weighted by Gasteiger charge is 2.06. The Hall–Kier alpha value is -2.63. The van der Waals surface area contributed by atoms with E-state index in [-0.39, 0.29) is 17.8 Å². The van der Waals surface area contributed by atoms with Crippen LogP contribution in [0.5, 0.6) is 0 Å². The molecule has 2 aromatic heterocycles. The topological polar surface area (TPSA) is 72.7 Å². The number of benzene rings is 1. The van der Waals surface area contributed by atoms with Gasteiger partial charge >= 0.3 is 5.69 Å². The molecular weight excluding hydrogens is 244 g/mol. The average Bonchev–Trinajstić information content (AvgIpc) is 2.71. The Bertz CT molecular complexity index is 857. The van der Waals surface area contributed by atoms with Crippen molar-refractivity contribution in [3.8, 4) is 0 Å². The van der Waals surface area contributed by atoms with Crippen molar-refractivity contribution in [3.63, 3.8) is 0 Å². The van der Waals surface area contributed by atoms with E-state index in [2.05, 4.69) is 9.97 Å². The van der Waals surface area contributed by atoms with E-state index in [1.54, 1.807) is 37.6 Å². The van der Waals surface area contributed by atoms with Crippen LogP contribution in [0, 0.1) is 0 Å². The number of para-hydroxylation sites is 1. The van der Waals surface area contributed by atoms with Gasteiger partial charge in [-0.1, -0.05) is 12.1 Å². The van der Waals surface area contributed by atoms with E-state index in [4.69, 9.17) is 0 Å². The maximum absolute atomic E-state index is 11.9. The first-order valence-electron chi connectivity index (χ1n) is 5.85. The summed E-state index contributed by atoms with van der Waals surface area (Å²) in [6, 6.07) is 7.12. The highest BCUT2D eigenvalue weighted by Crippen LogP contribution is 2.05. The number of hydrogen-bond acceptors (Lipinski definition) is 3. The maximum atomic E-state index is 11.9. The van der Waals surface area contributed by atoms with Crippen molar-refractivity contribution in [2.45, 2.75) is 6.54 Å². The van der Waals surface area contributed by atoms with E-state index < -0.39 is 0 Å². The molecular formula is C13H12N4O2. The van der Waals surface area contributed by atoms with E-state index in [0.717, 1.165) is 0 Å². The molecule has 96 valence electrons. The second-order valence-corrected chi connectivity index (χ2v) is 4.35. The van der Waals surface area contributed by atoms with E-state index in [1.165, 1.54) is 9.13 Å². The number of H-pyrrole nitrogens is 1. The van der Waals surface area contributed by atoms with Crippen molar-refractivity contribution in [1.29, 1.82) is 0 Å². The monoisotopic (exact) mass is 256 g/mol. The van der Waals surface area contributed by atoms with E-state index in [0.29, 0.717) is 16.7 Å². The van der Waals surface area contributed by atoms with Crippen LogP contribution in [0.2, 0.25) is 0 Å². The fourth-order valence-electron chi connectivity index (χ4n) is 2.00. The average molecular weight is 256 g/mol. The van der Waals surface area contributed by atoms with Crippen molar-refractivity contribution in [3.05, 3.63) is 63.3 Å². The Morgan fingerprint density at radius 3 is 2.74 bits per heavy atom. The molecule has 0 spiro atoms. The minimum Gasteiger partial charge on any atom is -0.308 e. The molecule has 0 fully saturated rings. The van der Waals surface area contributed by atoms with E-state index >= 15 is 0 Å². The summed E-state index contributed by atoms with van der Waals surface area (Å²) in [4.78, 5) is 30.7. The summed E-state index contributed by atoms with van der Waals surface area (Å²) >= 11 is 0. The van der Waals surface area contributed by atoms with E-state index in [9.17, 15) is 9.59 Å². The van der Waals surface area contributed by atoms with Crippen molar-refractivity contribution in [2.24, 2.45) is 7.05 Å². The molecule has 0 aliphatic rings. The summed E-state index contributed by atoms with van der Waals surface area (Å²) in [5.74, 6) is 0.469. The third-order valence-corrected chi connectivity index (χ3v) is 3.00. The van der Waals surface area contributed by atoms with Crippen LogP contribution in [-0.4, -0.2) is 19.1 Å². The zero-order valence-corrected chi connectivity index (χ0v) is 10.3. The molecule has 6 nitrogen and oxygen atoms in total. The SMILES string of the molecule is Cn1ccn(Cc2nc3ccccc3c(=O)[nH]2)c1=O. The van der Waals surface area contributed by atoms with Crippen molar-refractivity contribution >= 4 is 10.9 Å². The highest BCUT2D eigenvalue weighted by molar-refractivity contribution is 5.77. The molecule has 0 bridgehead atoms. The summed E-state index contributed by atoms with van der Waals surface area (Å²) in [5.41, 5.74) is 0.297. The predicted molar refractivity (Wildman–Crippen MR) is 71.1 cm³/mol. The molecule has 6 heteroatoms. The van der Waals surface area contributed by atoms with Gasteiger partial charge in [-0.15, -0.1) is 0 Å². The predicted octanol–water partition coefficient (Wildman–Crippen LogP) is 0.472. The first-order chi connectivity index (χ1) is 9.15. The maximum Gasteiger partial charge on any atom is 0.328 e. The fourth-order valence-corrected chi connectivity index (χ4v) is 2.00. The minimum absolute atomic E-state index is 0.143. The van der Waals surface area contributed by atoms with Crippen LogP contribution >= 0.6 is 0 Å². The summed E-state index contributed by atoms with van der Waals surface area (Å²) in [6.07, 6.45) is 3.33. The number of nitrogens with one attached hydrogen (secondary N) is 1. The lowest BCUT2D eigenvalue weighted by Gasteiger charge is -2.03. The molecule has 2 heterocycles. The number of imidazole rings is 1. The molecule has 0 atom stereocenters. The summed E-state index contributed by atoms with van der Waals surface area (Å²) < 4.78 is 2.96. The molecule has 0 amide bonds. The molecule has 0 saturated carbocycles. The first-order valence-corrected chi connectivity index (χ1v) is 5.85.